The predicted octanol–water partition coefficient (Wildman–Crippen LogP) is 4.38. The van der Waals surface area contributed by atoms with E-state index in [0.29, 0.717) is 24.0 Å². The molecule has 0 aliphatic rings. The van der Waals surface area contributed by atoms with Gasteiger partial charge in [-0.15, -0.1) is 0 Å². The van der Waals surface area contributed by atoms with Crippen molar-refractivity contribution in [3.8, 4) is 11.5 Å². The van der Waals surface area contributed by atoms with Crippen LogP contribution in [0.3, 0.4) is 0 Å². The summed E-state index contributed by atoms with van der Waals surface area (Å²) in [5.41, 5.74) is 2.68. The van der Waals surface area contributed by atoms with E-state index in [0.717, 1.165) is 16.9 Å². The number of anilines is 1. The lowest BCUT2D eigenvalue weighted by Crippen LogP contribution is -2.30. The van der Waals surface area contributed by atoms with E-state index in [4.69, 9.17) is 16.0 Å². The number of halogens is 1. The second-order valence-electron chi connectivity index (χ2n) is 5.72. The number of benzene rings is 2. The molecule has 0 saturated carbocycles. The molecule has 4 nitrogen and oxygen atoms in total. The lowest BCUT2D eigenvalue weighted by molar-refractivity contribution is 0.199. The van der Waals surface area contributed by atoms with Crippen LogP contribution in [0.15, 0.2) is 65.3 Å². The van der Waals surface area contributed by atoms with Crippen LogP contribution < -0.4 is 4.90 Å². The van der Waals surface area contributed by atoms with Crippen LogP contribution in [0.4, 0.5) is 5.69 Å². The molecule has 3 rings (SSSR count). The summed E-state index contributed by atoms with van der Waals surface area (Å²) in [6.07, 6.45) is 1.21. The summed E-state index contributed by atoms with van der Waals surface area (Å²) in [7, 11) is 0. The van der Waals surface area contributed by atoms with Crippen LogP contribution in [0, 0.1) is 0 Å². The maximum Gasteiger partial charge on any atom is 0.226 e. The Hall–Kier alpha value is -2.30. The molecule has 124 valence electrons. The summed E-state index contributed by atoms with van der Waals surface area (Å²) in [6, 6.07) is 17.4. The number of oxazole rings is 1. The zero-order valence-electron chi connectivity index (χ0n) is 13.4. The van der Waals surface area contributed by atoms with E-state index in [1.165, 1.54) is 0 Å². The monoisotopic (exact) mass is 342 g/mol. The number of aliphatic hydroxyl groups is 1. The zero-order chi connectivity index (χ0) is 16.9. The summed E-state index contributed by atoms with van der Waals surface area (Å²) in [6.45, 7) is 2.85. The Kier molecular flexibility index (Phi) is 5.18. The van der Waals surface area contributed by atoms with E-state index in [-0.39, 0.29) is 0 Å². The highest BCUT2D eigenvalue weighted by Crippen LogP contribution is 2.23. The lowest BCUT2D eigenvalue weighted by Gasteiger charge is -2.25. The summed E-state index contributed by atoms with van der Waals surface area (Å²) in [5, 5.41) is 10.4. The van der Waals surface area contributed by atoms with Crippen molar-refractivity contribution >= 4 is 17.3 Å². The maximum absolute atomic E-state index is 9.78. The van der Waals surface area contributed by atoms with E-state index in [2.05, 4.69) is 9.88 Å². The second kappa shape index (κ2) is 7.51. The highest BCUT2D eigenvalue weighted by molar-refractivity contribution is 6.30. The predicted molar refractivity (Wildman–Crippen MR) is 96.1 cm³/mol. The molecule has 1 N–H and O–H groups in total. The highest BCUT2D eigenvalue weighted by Gasteiger charge is 2.14. The van der Waals surface area contributed by atoms with Crippen LogP contribution >= 0.6 is 11.6 Å². The Morgan fingerprint density at radius 2 is 1.96 bits per heavy atom. The first-order chi connectivity index (χ1) is 11.6. The van der Waals surface area contributed by atoms with Gasteiger partial charge in [-0.25, -0.2) is 4.98 Å². The molecule has 5 heteroatoms. The molecule has 1 aromatic heterocycles. The van der Waals surface area contributed by atoms with Gasteiger partial charge in [0.2, 0.25) is 5.89 Å². The first kappa shape index (κ1) is 16.6. The molecule has 2 aromatic carbocycles. The topological polar surface area (TPSA) is 49.5 Å². The van der Waals surface area contributed by atoms with Crippen molar-refractivity contribution in [3.05, 3.63) is 71.6 Å². The minimum atomic E-state index is -0.440. The fourth-order valence-electron chi connectivity index (χ4n) is 2.55. The lowest BCUT2D eigenvalue weighted by atomic mass is 10.2. The van der Waals surface area contributed by atoms with Crippen molar-refractivity contribution in [1.29, 1.82) is 0 Å². The molecule has 0 radical (unpaired) electrons. The maximum atomic E-state index is 9.78. The van der Waals surface area contributed by atoms with Gasteiger partial charge >= 0.3 is 0 Å². The molecular formula is C19H19ClN2O2. The average Bonchev–Trinajstić information content (AvgIpc) is 3.03. The van der Waals surface area contributed by atoms with E-state index < -0.39 is 6.10 Å². The molecule has 1 atom stereocenters. The summed E-state index contributed by atoms with van der Waals surface area (Å²) < 4.78 is 5.59. The van der Waals surface area contributed by atoms with Gasteiger partial charge in [-0.05, 0) is 37.3 Å². The number of rotatable bonds is 6. The highest BCUT2D eigenvalue weighted by atomic mass is 35.5. The van der Waals surface area contributed by atoms with Crippen molar-refractivity contribution in [2.24, 2.45) is 0 Å². The van der Waals surface area contributed by atoms with E-state index in [1.807, 2.05) is 54.6 Å². The third kappa shape index (κ3) is 4.16. The normalized spacial score (nSPS) is 12.1. The Bertz CT molecular complexity index is 787. The number of aliphatic hydroxyl groups excluding tert-OH is 1. The van der Waals surface area contributed by atoms with Gasteiger partial charge < -0.3 is 14.4 Å². The molecule has 0 spiro atoms. The number of aromatic nitrogens is 1. The van der Waals surface area contributed by atoms with Crippen molar-refractivity contribution in [1.82, 2.24) is 4.98 Å². The standard InChI is InChI=1S/C19H19ClN2O2/c1-14(23)11-22(18-8-3-2-4-9-18)12-17-13-24-19(21-17)15-6-5-7-16(20)10-15/h2-10,13-14,23H,11-12H2,1H3. The number of hydrogen-bond acceptors (Lipinski definition) is 4. The molecule has 0 amide bonds. The third-order valence-corrected chi connectivity index (χ3v) is 3.82. The number of para-hydroxylation sites is 1. The van der Waals surface area contributed by atoms with Crippen LogP contribution in [0.1, 0.15) is 12.6 Å². The SMILES string of the molecule is CC(O)CN(Cc1coc(-c2cccc(Cl)c2)n1)c1ccccc1. The minimum absolute atomic E-state index is 0.440. The molecule has 0 bridgehead atoms. The van der Waals surface area contributed by atoms with E-state index in [9.17, 15) is 5.11 Å². The largest absolute Gasteiger partial charge is 0.444 e. The molecule has 1 unspecified atom stereocenters. The van der Waals surface area contributed by atoms with Crippen LogP contribution in [0.25, 0.3) is 11.5 Å². The van der Waals surface area contributed by atoms with Crippen LogP contribution in [0.2, 0.25) is 5.02 Å². The van der Waals surface area contributed by atoms with Gasteiger partial charge in [0.25, 0.3) is 0 Å². The average molecular weight is 343 g/mol. The summed E-state index contributed by atoms with van der Waals surface area (Å²) >= 11 is 6.02. The van der Waals surface area contributed by atoms with Gasteiger partial charge in [0.15, 0.2) is 0 Å². The van der Waals surface area contributed by atoms with Crippen molar-refractivity contribution in [2.75, 3.05) is 11.4 Å². The summed E-state index contributed by atoms with van der Waals surface area (Å²) in [5.74, 6) is 0.539. The molecule has 0 saturated heterocycles. The van der Waals surface area contributed by atoms with Crippen LogP contribution in [-0.4, -0.2) is 22.7 Å². The smallest absolute Gasteiger partial charge is 0.226 e. The van der Waals surface area contributed by atoms with Gasteiger partial charge in [-0.3, -0.25) is 0 Å². The van der Waals surface area contributed by atoms with Gasteiger partial charge in [0, 0.05) is 22.8 Å². The Labute approximate surface area is 146 Å². The molecule has 0 fully saturated rings. The van der Waals surface area contributed by atoms with Gasteiger partial charge in [-0.1, -0.05) is 35.9 Å². The van der Waals surface area contributed by atoms with Crippen molar-refractivity contribution in [2.45, 2.75) is 19.6 Å². The Morgan fingerprint density at radius 1 is 1.17 bits per heavy atom. The first-order valence-electron chi connectivity index (χ1n) is 7.80. The van der Waals surface area contributed by atoms with Gasteiger partial charge in [-0.2, -0.15) is 0 Å². The van der Waals surface area contributed by atoms with E-state index in [1.54, 1.807) is 13.2 Å². The molecule has 24 heavy (non-hydrogen) atoms. The van der Waals surface area contributed by atoms with Crippen molar-refractivity contribution < 1.29 is 9.52 Å². The number of nitrogens with zero attached hydrogens (tertiary/aromatic N) is 2. The number of hydrogen-bond donors (Lipinski definition) is 1. The van der Waals surface area contributed by atoms with Gasteiger partial charge in [0.1, 0.15) is 6.26 Å². The molecular weight excluding hydrogens is 324 g/mol. The van der Waals surface area contributed by atoms with E-state index >= 15 is 0 Å². The third-order valence-electron chi connectivity index (χ3n) is 3.58. The van der Waals surface area contributed by atoms with Gasteiger partial charge in [0.05, 0.1) is 18.3 Å². The molecule has 0 aliphatic heterocycles. The Morgan fingerprint density at radius 3 is 2.67 bits per heavy atom. The molecule has 3 aromatic rings. The fraction of sp³-hybridized carbons (Fsp3) is 0.211. The summed E-state index contributed by atoms with van der Waals surface area (Å²) in [4.78, 5) is 6.62. The zero-order valence-corrected chi connectivity index (χ0v) is 14.1. The minimum Gasteiger partial charge on any atom is -0.444 e. The van der Waals surface area contributed by atoms with Crippen LogP contribution in [0.5, 0.6) is 0 Å². The fourth-order valence-corrected chi connectivity index (χ4v) is 2.74. The first-order valence-corrected chi connectivity index (χ1v) is 8.18. The van der Waals surface area contributed by atoms with Crippen molar-refractivity contribution in [3.63, 3.8) is 0 Å². The second-order valence-corrected chi connectivity index (χ2v) is 6.16. The molecule has 1 heterocycles. The molecule has 0 aliphatic carbocycles. The quantitative estimate of drug-likeness (QED) is 0.722. The Balaban J connectivity index is 1.81. The van der Waals surface area contributed by atoms with Crippen LogP contribution in [-0.2, 0) is 6.54 Å².